The molecular formula is C23H31Cl2NO2. The molecule has 0 atom stereocenters. The topological polar surface area (TPSA) is 30.5 Å². The summed E-state index contributed by atoms with van der Waals surface area (Å²) in [6.45, 7) is 3.93. The molecule has 1 N–H and O–H groups in total. The first-order valence-corrected chi connectivity index (χ1v) is 10.5. The molecule has 1 saturated carbocycles. The lowest BCUT2D eigenvalue weighted by Gasteiger charge is -2.20. The number of hydrogen-bond acceptors (Lipinski definition) is 3. The molecule has 5 heteroatoms. The second-order valence-electron chi connectivity index (χ2n) is 7.16. The van der Waals surface area contributed by atoms with Gasteiger partial charge in [-0.15, -0.1) is 12.4 Å². The van der Waals surface area contributed by atoms with E-state index in [9.17, 15) is 0 Å². The third kappa shape index (κ3) is 6.88. The van der Waals surface area contributed by atoms with Crippen LogP contribution < -0.4 is 14.8 Å². The van der Waals surface area contributed by atoms with Crippen molar-refractivity contribution in [3.8, 4) is 11.5 Å². The van der Waals surface area contributed by atoms with E-state index in [0.29, 0.717) is 19.3 Å². The van der Waals surface area contributed by atoms with Crippen molar-refractivity contribution in [2.24, 2.45) is 0 Å². The summed E-state index contributed by atoms with van der Waals surface area (Å²) < 4.78 is 12.0. The van der Waals surface area contributed by atoms with Gasteiger partial charge in [-0.1, -0.05) is 61.5 Å². The summed E-state index contributed by atoms with van der Waals surface area (Å²) in [6.07, 6.45) is 7.94. The van der Waals surface area contributed by atoms with E-state index in [-0.39, 0.29) is 12.4 Å². The molecule has 2 aromatic rings. The van der Waals surface area contributed by atoms with Crippen LogP contribution in [0.5, 0.6) is 11.5 Å². The molecule has 0 unspecified atom stereocenters. The molecule has 1 aliphatic rings. The van der Waals surface area contributed by atoms with Crippen molar-refractivity contribution >= 4 is 24.0 Å². The fraction of sp³-hybridized carbons (Fsp3) is 0.478. The predicted octanol–water partition coefficient (Wildman–Crippen LogP) is 6.55. The third-order valence-corrected chi connectivity index (χ3v) is 5.35. The lowest BCUT2D eigenvalue weighted by molar-refractivity contribution is 0.265. The maximum atomic E-state index is 6.20. The number of rotatable bonds is 8. The highest BCUT2D eigenvalue weighted by Gasteiger charge is 2.15. The van der Waals surface area contributed by atoms with E-state index < -0.39 is 0 Å². The van der Waals surface area contributed by atoms with Gasteiger partial charge < -0.3 is 14.8 Å². The fourth-order valence-corrected chi connectivity index (χ4v) is 3.73. The largest absolute Gasteiger partial charge is 0.490 e. The van der Waals surface area contributed by atoms with E-state index in [4.69, 9.17) is 21.1 Å². The molecule has 154 valence electrons. The number of hydrogen-bond donors (Lipinski definition) is 1. The monoisotopic (exact) mass is 423 g/mol. The molecule has 1 fully saturated rings. The highest BCUT2D eigenvalue weighted by atomic mass is 35.5. The van der Waals surface area contributed by atoms with Gasteiger partial charge in [-0.05, 0) is 43.5 Å². The van der Waals surface area contributed by atoms with Crippen LogP contribution in [0.25, 0.3) is 0 Å². The van der Waals surface area contributed by atoms with E-state index >= 15 is 0 Å². The number of halogens is 2. The Balaban J connectivity index is 0.00000280. The van der Waals surface area contributed by atoms with Gasteiger partial charge in [-0.3, -0.25) is 0 Å². The Morgan fingerprint density at radius 3 is 2.36 bits per heavy atom. The molecule has 0 spiro atoms. The van der Waals surface area contributed by atoms with Gasteiger partial charge in [-0.2, -0.15) is 0 Å². The molecule has 0 aromatic heterocycles. The van der Waals surface area contributed by atoms with Crippen molar-refractivity contribution in [2.75, 3.05) is 6.61 Å². The molecule has 2 aromatic carbocycles. The van der Waals surface area contributed by atoms with Gasteiger partial charge in [0.15, 0.2) is 11.5 Å². The molecule has 0 heterocycles. The van der Waals surface area contributed by atoms with Gasteiger partial charge in [0.2, 0.25) is 0 Å². The first-order valence-electron chi connectivity index (χ1n) is 10.1. The number of benzene rings is 2. The Bertz CT molecular complexity index is 698. The minimum Gasteiger partial charge on any atom is -0.490 e. The minimum atomic E-state index is 0. The van der Waals surface area contributed by atoms with Crippen molar-refractivity contribution in [2.45, 2.75) is 64.6 Å². The molecule has 3 nitrogen and oxygen atoms in total. The summed E-state index contributed by atoms with van der Waals surface area (Å²) in [5.74, 6) is 1.65. The molecule has 1 aliphatic carbocycles. The quantitative estimate of drug-likeness (QED) is 0.488. The molecule has 3 rings (SSSR count). The number of para-hydroxylation sites is 1. The van der Waals surface area contributed by atoms with Crippen LogP contribution in [0.3, 0.4) is 0 Å². The standard InChI is InChI=1S/C23H30ClNO2.ClH/c1-2-26-22-11-7-8-19(16-25-21-9-5-3-4-6-10-21)23(22)27-17-18-12-14-20(24)15-13-18;/h7-8,11-15,21,25H,2-6,9-10,16-17H2,1H3;1H. The van der Waals surface area contributed by atoms with Gasteiger partial charge in [0, 0.05) is 23.2 Å². The maximum Gasteiger partial charge on any atom is 0.166 e. The Kier molecular flexibility index (Phi) is 9.97. The SMILES string of the molecule is CCOc1cccc(CNC2CCCCCC2)c1OCc1ccc(Cl)cc1.Cl. The van der Waals surface area contributed by atoms with Crippen LogP contribution >= 0.6 is 24.0 Å². The summed E-state index contributed by atoms with van der Waals surface area (Å²) in [7, 11) is 0. The highest BCUT2D eigenvalue weighted by molar-refractivity contribution is 6.30. The second kappa shape index (κ2) is 12.2. The average molecular weight is 424 g/mol. The summed E-state index contributed by atoms with van der Waals surface area (Å²) in [4.78, 5) is 0. The highest BCUT2D eigenvalue weighted by Crippen LogP contribution is 2.32. The van der Waals surface area contributed by atoms with Crippen LogP contribution in [0.4, 0.5) is 0 Å². The predicted molar refractivity (Wildman–Crippen MR) is 119 cm³/mol. The molecule has 0 radical (unpaired) electrons. The summed E-state index contributed by atoms with van der Waals surface area (Å²) in [5.41, 5.74) is 2.24. The Morgan fingerprint density at radius 1 is 0.964 bits per heavy atom. The molecule has 0 saturated heterocycles. The van der Waals surface area contributed by atoms with Gasteiger partial charge >= 0.3 is 0 Å². The van der Waals surface area contributed by atoms with E-state index in [2.05, 4.69) is 11.4 Å². The van der Waals surface area contributed by atoms with E-state index in [1.807, 2.05) is 43.3 Å². The zero-order valence-corrected chi connectivity index (χ0v) is 18.2. The maximum absolute atomic E-state index is 6.20. The lowest BCUT2D eigenvalue weighted by atomic mass is 10.1. The van der Waals surface area contributed by atoms with Gasteiger partial charge in [-0.25, -0.2) is 0 Å². The van der Waals surface area contributed by atoms with E-state index in [1.165, 1.54) is 38.5 Å². The molecular weight excluding hydrogens is 393 g/mol. The molecule has 0 amide bonds. The minimum absolute atomic E-state index is 0. The Hall–Kier alpha value is -1.42. The van der Waals surface area contributed by atoms with Gasteiger partial charge in [0.25, 0.3) is 0 Å². The van der Waals surface area contributed by atoms with Crippen molar-refractivity contribution < 1.29 is 9.47 Å². The number of ether oxygens (including phenoxy) is 2. The van der Waals surface area contributed by atoms with Crippen LogP contribution in [0, 0.1) is 0 Å². The van der Waals surface area contributed by atoms with Crippen LogP contribution in [0.1, 0.15) is 56.6 Å². The van der Waals surface area contributed by atoms with Crippen molar-refractivity contribution in [1.29, 1.82) is 0 Å². The van der Waals surface area contributed by atoms with E-state index in [1.54, 1.807) is 0 Å². The average Bonchev–Trinajstić information content (AvgIpc) is 2.96. The molecule has 0 bridgehead atoms. The van der Waals surface area contributed by atoms with Crippen LogP contribution in [-0.2, 0) is 13.2 Å². The van der Waals surface area contributed by atoms with Gasteiger partial charge in [0.05, 0.1) is 6.61 Å². The van der Waals surface area contributed by atoms with Crippen LogP contribution in [0.2, 0.25) is 5.02 Å². The smallest absolute Gasteiger partial charge is 0.166 e. The van der Waals surface area contributed by atoms with Crippen LogP contribution in [0.15, 0.2) is 42.5 Å². The Morgan fingerprint density at radius 2 is 1.68 bits per heavy atom. The van der Waals surface area contributed by atoms with Crippen LogP contribution in [-0.4, -0.2) is 12.6 Å². The first-order chi connectivity index (χ1) is 13.3. The van der Waals surface area contributed by atoms with Crippen molar-refractivity contribution in [1.82, 2.24) is 5.32 Å². The summed E-state index contributed by atoms with van der Waals surface area (Å²) >= 11 is 5.98. The van der Waals surface area contributed by atoms with Gasteiger partial charge in [0.1, 0.15) is 6.61 Å². The third-order valence-electron chi connectivity index (χ3n) is 5.09. The molecule has 0 aliphatic heterocycles. The summed E-state index contributed by atoms with van der Waals surface area (Å²) in [6, 6.07) is 14.5. The fourth-order valence-electron chi connectivity index (χ4n) is 3.61. The number of nitrogens with one attached hydrogen (secondary N) is 1. The lowest BCUT2D eigenvalue weighted by Crippen LogP contribution is -2.28. The normalized spacial score (nSPS) is 14.8. The molecule has 28 heavy (non-hydrogen) atoms. The second-order valence-corrected chi connectivity index (χ2v) is 7.60. The van der Waals surface area contributed by atoms with Crippen molar-refractivity contribution in [3.63, 3.8) is 0 Å². The zero-order valence-electron chi connectivity index (χ0n) is 16.6. The first kappa shape index (κ1) is 22.9. The Labute approximate surface area is 180 Å². The summed E-state index contributed by atoms with van der Waals surface area (Å²) in [5, 5.41) is 4.48. The van der Waals surface area contributed by atoms with Crippen molar-refractivity contribution in [3.05, 3.63) is 58.6 Å². The van der Waals surface area contributed by atoms with E-state index in [0.717, 1.165) is 34.2 Å². The zero-order chi connectivity index (χ0) is 18.9.